The van der Waals surface area contributed by atoms with Gasteiger partial charge in [0.25, 0.3) is 0 Å². The lowest BCUT2D eigenvalue weighted by Gasteiger charge is -2.08. The quantitative estimate of drug-likeness (QED) is 0.854. The van der Waals surface area contributed by atoms with Gasteiger partial charge in [0.2, 0.25) is 0 Å². The number of hydrogen-bond donors (Lipinski definition) is 2. The van der Waals surface area contributed by atoms with Crippen LogP contribution < -0.4 is 15.4 Å². The minimum atomic E-state index is -0.775. The van der Waals surface area contributed by atoms with Crippen LogP contribution in [-0.2, 0) is 9.59 Å². The third-order valence-corrected chi connectivity index (χ3v) is 3.37. The highest BCUT2D eigenvalue weighted by molar-refractivity contribution is 6.43. The SMILES string of the molecule is COc1cccc(NC(=O)C(=O)Nc2ccc(C)c(Cl)c2)c1. The van der Waals surface area contributed by atoms with Gasteiger partial charge in [-0.25, -0.2) is 0 Å². The number of rotatable bonds is 3. The number of aryl methyl sites for hydroxylation is 1. The van der Waals surface area contributed by atoms with Crippen LogP contribution in [0.25, 0.3) is 0 Å². The molecule has 0 spiro atoms. The molecular weight excluding hydrogens is 304 g/mol. The highest BCUT2D eigenvalue weighted by Gasteiger charge is 2.14. The van der Waals surface area contributed by atoms with Crippen molar-refractivity contribution in [2.75, 3.05) is 17.7 Å². The number of ether oxygens (including phenoxy) is 1. The average molecular weight is 319 g/mol. The smallest absolute Gasteiger partial charge is 0.314 e. The molecule has 0 atom stereocenters. The molecule has 0 heterocycles. The summed E-state index contributed by atoms with van der Waals surface area (Å²) in [5, 5.41) is 5.51. The fourth-order valence-corrected chi connectivity index (χ4v) is 1.93. The van der Waals surface area contributed by atoms with Crippen molar-refractivity contribution >= 4 is 34.8 Å². The number of methoxy groups -OCH3 is 1. The van der Waals surface area contributed by atoms with Gasteiger partial charge >= 0.3 is 11.8 Å². The molecule has 0 saturated heterocycles. The van der Waals surface area contributed by atoms with Crippen LogP contribution >= 0.6 is 11.6 Å². The average Bonchev–Trinajstić information content (AvgIpc) is 2.51. The van der Waals surface area contributed by atoms with E-state index in [0.717, 1.165) is 5.56 Å². The minimum absolute atomic E-state index is 0.460. The third-order valence-electron chi connectivity index (χ3n) is 2.96. The molecule has 6 heteroatoms. The first-order valence-electron chi connectivity index (χ1n) is 6.52. The molecule has 22 heavy (non-hydrogen) atoms. The molecule has 2 N–H and O–H groups in total. The Kier molecular flexibility index (Phi) is 5.01. The van der Waals surface area contributed by atoms with Crippen molar-refractivity contribution in [2.24, 2.45) is 0 Å². The van der Waals surface area contributed by atoms with Crippen molar-refractivity contribution in [3.63, 3.8) is 0 Å². The van der Waals surface area contributed by atoms with Crippen molar-refractivity contribution < 1.29 is 14.3 Å². The first-order chi connectivity index (χ1) is 10.5. The summed E-state index contributed by atoms with van der Waals surface area (Å²) >= 11 is 5.97. The minimum Gasteiger partial charge on any atom is -0.497 e. The van der Waals surface area contributed by atoms with Crippen LogP contribution in [-0.4, -0.2) is 18.9 Å². The van der Waals surface area contributed by atoms with E-state index in [9.17, 15) is 9.59 Å². The van der Waals surface area contributed by atoms with Crippen LogP contribution in [0.15, 0.2) is 42.5 Å². The summed E-state index contributed by atoms with van der Waals surface area (Å²) in [6.45, 7) is 1.85. The van der Waals surface area contributed by atoms with Crippen LogP contribution in [0.4, 0.5) is 11.4 Å². The van der Waals surface area contributed by atoms with Crippen LogP contribution in [0.2, 0.25) is 5.02 Å². The Bertz CT molecular complexity index is 716. The lowest BCUT2D eigenvalue weighted by molar-refractivity contribution is -0.132. The van der Waals surface area contributed by atoms with E-state index in [1.807, 2.05) is 6.92 Å². The van der Waals surface area contributed by atoms with E-state index in [1.54, 1.807) is 42.5 Å². The summed E-state index contributed by atoms with van der Waals surface area (Å²) in [6, 6.07) is 11.8. The summed E-state index contributed by atoms with van der Waals surface area (Å²) in [5.41, 5.74) is 1.82. The van der Waals surface area contributed by atoms with Crippen LogP contribution in [0.1, 0.15) is 5.56 Å². The molecule has 2 amide bonds. The van der Waals surface area contributed by atoms with Gasteiger partial charge < -0.3 is 15.4 Å². The maximum absolute atomic E-state index is 11.9. The molecule has 2 aromatic rings. The van der Waals surface area contributed by atoms with Gasteiger partial charge in [-0.2, -0.15) is 0 Å². The first kappa shape index (κ1) is 15.9. The Morgan fingerprint density at radius 2 is 1.64 bits per heavy atom. The molecule has 0 radical (unpaired) electrons. The molecule has 0 unspecified atom stereocenters. The monoisotopic (exact) mass is 318 g/mol. The van der Waals surface area contributed by atoms with Gasteiger partial charge in [-0.15, -0.1) is 0 Å². The van der Waals surface area contributed by atoms with Gasteiger partial charge in [-0.1, -0.05) is 23.7 Å². The molecule has 0 saturated carbocycles. The van der Waals surface area contributed by atoms with Crippen molar-refractivity contribution in [2.45, 2.75) is 6.92 Å². The molecule has 114 valence electrons. The molecule has 0 aliphatic rings. The Morgan fingerprint density at radius 3 is 2.23 bits per heavy atom. The van der Waals surface area contributed by atoms with Gasteiger partial charge in [0, 0.05) is 22.5 Å². The number of carbonyl (C=O) groups is 2. The lowest BCUT2D eigenvalue weighted by Crippen LogP contribution is -2.29. The van der Waals surface area contributed by atoms with Crippen LogP contribution in [0, 0.1) is 6.92 Å². The fourth-order valence-electron chi connectivity index (χ4n) is 1.75. The van der Waals surface area contributed by atoms with E-state index in [-0.39, 0.29) is 0 Å². The number of carbonyl (C=O) groups excluding carboxylic acids is 2. The standard InChI is InChI=1S/C16H15ClN2O3/c1-10-6-7-12(9-14(10)17)19-16(21)15(20)18-11-4-3-5-13(8-11)22-2/h3-9H,1-2H3,(H,18,20)(H,19,21). The molecule has 0 aliphatic heterocycles. The Morgan fingerprint density at radius 1 is 1.00 bits per heavy atom. The molecule has 0 aromatic heterocycles. The zero-order valence-corrected chi connectivity index (χ0v) is 12.9. The van der Waals surface area contributed by atoms with E-state index in [1.165, 1.54) is 7.11 Å². The number of nitrogens with one attached hydrogen (secondary N) is 2. The number of amides is 2. The third kappa shape index (κ3) is 3.99. The Balaban J connectivity index is 2.02. The van der Waals surface area contributed by atoms with Crippen molar-refractivity contribution in [3.8, 4) is 5.75 Å². The highest BCUT2D eigenvalue weighted by atomic mass is 35.5. The van der Waals surface area contributed by atoms with E-state index in [2.05, 4.69) is 10.6 Å². The van der Waals surface area contributed by atoms with Crippen molar-refractivity contribution in [1.29, 1.82) is 0 Å². The zero-order chi connectivity index (χ0) is 16.1. The molecule has 5 nitrogen and oxygen atoms in total. The second-order valence-corrected chi connectivity index (χ2v) is 5.01. The summed E-state index contributed by atoms with van der Waals surface area (Å²) in [6.07, 6.45) is 0. The summed E-state index contributed by atoms with van der Waals surface area (Å²) in [7, 11) is 1.52. The van der Waals surface area contributed by atoms with Crippen LogP contribution in [0.3, 0.4) is 0 Å². The van der Waals surface area contributed by atoms with Gasteiger partial charge in [-0.3, -0.25) is 9.59 Å². The molecule has 2 rings (SSSR count). The second kappa shape index (κ2) is 6.95. The maximum Gasteiger partial charge on any atom is 0.314 e. The number of anilines is 2. The molecule has 0 fully saturated rings. The number of benzene rings is 2. The molecule has 2 aromatic carbocycles. The fraction of sp³-hybridized carbons (Fsp3) is 0.125. The van der Waals surface area contributed by atoms with Gasteiger partial charge in [-0.05, 0) is 36.8 Å². The summed E-state index contributed by atoms with van der Waals surface area (Å²) in [4.78, 5) is 23.7. The van der Waals surface area contributed by atoms with E-state index >= 15 is 0 Å². The predicted octanol–water partition coefficient (Wildman–Crippen LogP) is 3.23. The van der Waals surface area contributed by atoms with Gasteiger partial charge in [0.1, 0.15) is 5.75 Å². The molecule has 0 bridgehead atoms. The van der Waals surface area contributed by atoms with E-state index < -0.39 is 11.8 Å². The largest absolute Gasteiger partial charge is 0.497 e. The Hall–Kier alpha value is -2.53. The first-order valence-corrected chi connectivity index (χ1v) is 6.90. The maximum atomic E-state index is 11.9. The molecule has 0 aliphatic carbocycles. The second-order valence-electron chi connectivity index (χ2n) is 4.60. The highest BCUT2D eigenvalue weighted by Crippen LogP contribution is 2.20. The number of hydrogen-bond acceptors (Lipinski definition) is 3. The van der Waals surface area contributed by atoms with E-state index in [0.29, 0.717) is 22.1 Å². The van der Waals surface area contributed by atoms with Crippen molar-refractivity contribution in [3.05, 3.63) is 53.1 Å². The Labute approximate surface area is 133 Å². The van der Waals surface area contributed by atoms with Crippen molar-refractivity contribution in [1.82, 2.24) is 0 Å². The predicted molar refractivity (Wildman–Crippen MR) is 86.4 cm³/mol. The number of halogens is 1. The lowest BCUT2D eigenvalue weighted by atomic mass is 10.2. The van der Waals surface area contributed by atoms with Crippen LogP contribution in [0.5, 0.6) is 5.75 Å². The summed E-state index contributed by atoms with van der Waals surface area (Å²) in [5.74, 6) is -0.962. The van der Waals surface area contributed by atoms with Gasteiger partial charge in [0.05, 0.1) is 7.11 Å². The topological polar surface area (TPSA) is 67.4 Å². The summed E-state index contributed by atoms with van der Waals surface area (Å²) < 4.78 is 5.05. The normalized spacial score (nSPS) is 9.95. The van der Waals surface area contributed by atoms with Gasteiger partial charge in [0.15, 0.2) is 0 Å². The zero-order valence-electron chi connectivity index (χ0n) is 12.1. The molecular formula is C16H15ClN2O3. The van der Waals surface area contributed by atoms with E-state index in [4.69, 9.17) is 16.3 Å².